The fourth-order valence-corrected chi connectivity index (χ4v) is 3.45. The average molecular weight is 444 g/mol. The topological polar surface area (TPSA) is 66.5 Å². The van der Waals surface area contributed by atoms with E-state index >= 15 is 0 Å². The van der Waals surface area contributed by atoms with Gasteiger partial charge < -0.3 is 28.6 Å². The maximum atomic E-state index is 13.4. The summed E-state index contributed by atoms with van der Waals surface area (Å²) in [6.07, 6.45) is 2.33. The average Bonchev–Trinajstić information content (AvgIpc) is 2.81. The Kier molecular flexibility index (Phi) is 8.81. The van der Waals surface area contributed by atoms with E-state index < -0.39 is 0 Å². The molecule has 0 heterocycles. The summed E-state index contributed by atoms with van der Waals surface area (Å²) >= 11 is 0. The molecule has 0 spiro atoms. The van der Waals surface area contributed by atoms with Gasteiger partial charge in [-0.1, -0.05) is 6.92 Å². The zero-order valence-electron chi connectivity index (χ0n) is 20.2. The lowest BCUT2D eigenvalue weighted by atomic mass is 9.97. The normalized spacial score (nSPS) is 11.1. The summed E-state index contributed by atoms with van der Waals surface area (Å²) in [5.41, 5.74) is 2.70. The highest BCUT2D eigenvalue weighted by molar-refractivity contribution is 6.12. The summed E-state index contributed by atoms with van der Waals surface area (Å²) in [5, 5.41) is 0. The van der Waals surface area contributed by atoms with Crippen molar-refractivity contribution in [2.75, 3.05) is 54.0 Å². The highest BCUT2D eigenvalue weighted by Gasteiger charge is 2.22. The van der Waals surface area contributed by atoms with Gasteiger partial charge in [0, 0.05) is 30.8 Å². The molecule has 7 nitrogen and oxygen atoms in total. The SMILES string of the molecule is CCOc1ccc(C(=O)C(=Cc2cc(OC)c(OC)c(OC)c2OC)CC)cc1N(C)C. The highest BCUT2D eigenvalue weighted by Crippen LogP contribution is 2.47. The van der Waals surface area contributed by atoms with Crippen LogP contribution in [-0.4, -0.2) is 54.9 Å². The summed E-state index contributed by atoms with van der Waals surface area (Å²) in [5.74, 6) is 2.44. The molecule has 0 N–H and O–H groups in total. The van der Waals surface area contributed by atoms with E-state index in [1.807, 2.05) is 45.0 Å². The molecule has 0 amide bonds. The van der Waals surface area contributed by atoms with Crippen LogP contribution < -0.4 is 28.6 Å². The summed E-state index contributed by atoms with van der Waals surface area (Å²) in [7, 11) is 10.00. The number of benzene rings is 2. The van der Waals surface area contributed by atoms with Gasteiger partial charge in [-0.05, 0) is 43.7 Å². The summed E-state index contributed by atoms with van der Waals surface area (Å²) in [6.45, 7) is 4.42. The van der Waals surface area contributed by atoms with Crippen molar-refractivity contribution in [3.05, 3.63) is 41.0 Å². The van der Waals surface area contributed by atoms with E-state index in [4.69, 9.17) is 23.7 Å². The molecule has 0 fully saturated rings. The third-order valence-corrected chi connectivity index (χ3v) is 5.02. The first-order chi connectivity index (χ1) is 15.4. The fourth-order valence-electron chi connectivity index (χ4n) is 3.45. The number of anilines is 1. The molecule has 0 aliphatic carbocycles. The third kappa shape index (κ3) is 5.10. The first-order valence-electron chi connectivity index (χ1n) is 10.4. The first kappa shape index (κ1) is 24.9. The van der Waals surface area contributed by atoms with Gasteiger partial charge in [-0.25, -0.2) is 0 Å². The molecule has 0 aliphatic rings. The Labute approximate surface area is 190 Å². The van der Waals surface area contributed by atoms with Gasteiger partial charge in [0.15, 0.2) is 17.3 Å². The van der Waals surface area contributed by atoms with E-state index in [9.17, 15) is 4.79 Å². The maximum Gasteiger partial charge on any atom is 0.207 e. The number of hydrogen-bond donors (Lipinski definition) is 0. The number of hydrogen-bond acceptors (Lipinski definition) is 7. The quantitative estimate of drug-likeness (QED) is 0.363. The van der Waals surface area contributed by atoms with Crippen LogP contribution in [-0.2, 0) is 0 Å². The Morgan fingerprint density at radius 1 is 0.875 bits per heavy atom. The van der Waals surface area contributed by atoms with Crippen LogP contribution >= 0.6 is 0 Å². The standard InChI is InChI=1S/C25H33NO6/c1-9-16(22(27)17-11-12-20(32-10-2)19(14-17)26(3)4)13-18-15-21(28-5)24(30-7)25(31-8)23(18)29-6/h11-15H,9-10H2,1-8H3. The van der Waals surface area contributed by atoms with E-state index in [1.54, 1.807) is 32.4 Å². The van der Waals surface area contributed by atoms with Crippen molar-refractivity contribution in [1.29, 1.82) is 0 Å². The minimum atomic E-state index is -0.0746. The van der Waals surface area contributed by atoms with Gasteiger partial charge >= 0.3 is 0 Å². The molecule has 0 atom stereocenters. The predicted octanol–water partition coefficient (Wildman–Crippen LogP) is 4.86. The highest BCUT2D eigenvalue weighted by atomic mass is 16.5. The molecule has 174 valence electrons. The van der Waals surface area contributed by atoms with Crippen LogP contribution in [0.25, 0.3) is 6.08 Å². The first-order valence-corrected chi connectivity index (χ1v) is 10.4. The van der Waals surface area contributed by atoms with Gasteiger partial charge in [-0.3, -0.25) is 4.79 Å². The molecule has 7 heteroatoms. The molecule has 0 saturated carbocycles. The Morgan fingerprint density at radius 3 is 2.03 bits per heavy atom. The minimum Gasteiger partial charge on any atom is -0.493 e. The van der Waals surface area contributed by atoms with Crippen LogP contribution in [0.4, 0.5) is 5.69 Å². The molecule has 0 saturated heterocycles. The van der Waals surface area contributed by atoms with E-state index in [1.165, 1.54) is 14.2 Å². The number of rotatable bonds is 11. The largest absolute Gasteiger partial charge is 0.493 e. The van der Waals surface area contributed by atoms with Gasteiger partial charge in [-0.15, -0.1) is 0 Å². The maximum absolute atomic E-state index is 13.4. The summed E-state index contributed by atoms with van der Waals surface area (Å²) in [4.78, 5) is 15.3. The van der Waals surface area contributed by atoms with Gasteiger partial charge in [0.25, 0.3) is 0 Å². The fraction of sp³-hybridized carbons (Fsp3) is 0.400. The number of ketones is 1. The van der Waals surface area contributed by atoms with E-state index in [2.05, 4.69) is 0 Å². The predicted molar refractivity (Wildman–Crippen MR) is 127 cm³/mol. The third-order valence-electron chi connectivity index (χ3n) is 5.02. The minimum absolute atomic E-state index is 0.0746. The smallest absolute Gasteiger partial charge is 0.207 e. The molecule has 2 rings (SSSR count). The number of carbonyl (C=O) groups is 1. The lowest BCUT2D eigenvalue weighted by molar-refractivity contribution is 0.103. The van der Waals surface area contributed by atoms with Crippen LogP contribution in [0, 0.1) is 0 Å². The lowest BCUT2D eigenvalue weighted by Gasteiger charge is -2.19. The van der Waals surface area contributed by atoms with Crippen molar-refractivity contribution in [3.8, 4) is 28.7 Å². The number of allylic oxidation sites excluding steroid dienone is 1. The molecular formula is C25H33NO6. The van der Waals surface area contributed by atoms with Crippen LogP contribution in [0.3, 0.4) is 0 Å². The number of carbonyl (C=O) groups excluding carboxylic acids is 1. The van der Waals surface area contributed by atoms with Gasteiger partial charge in [0.2, 0.25) is 11.5 Å². The second kappa shape index (κ2) is 11.3. The van der Waals surface area contributed by atoms with Gasteiger partial charge in [0.05, 0.1) is 40.7 Å². The molecule has 2 aromatic rings. The second-order valence-corrected chi connectivity index (χ2v) is 7.13. The molecule has 0 aromatic heterocycles. The van der Waals surface area contributed by atoms with Crippen molar-refractivity contribution in [2.45, 2.75) is 20.3 Å². The Bertz CT molecular complexity index is 981. The zero-order chi connectivity index (χ0) is 23.8. The monoisotopic (exact) mass is 443 g/mol. The molecule has 32 heavy (non-hydrogen) atoms. The molecule has 2 aromatic carbocycles. The molecule has 0 aliphatic heterocycles. The van der Waals surface area contributed by atoms with E-state index in [0.29, 0.717) is 52.7 Å². The van der Waals surface area contributed by atoms with Crippen molar-refractivity contribution in [1.82, 2.24) is 0 Å². The summed E-state index contributed by atoms with van der Waals surface area (Å²) in [6, 6.07) is 7.24. The van der Waals surface area contributed by atoms with Gasteiger partial charge in [-0.2, -0.15) is 0 Å². The Hall–Kier alpha value is -3.35. The Balaban J connectivity index is 2.60. The van der Waals surface area contributed by atoms with Crippen LogP contribution in [0.2, 0.25) is 0 Å². The Morgan fingerprint density at radius 2 is 1.53 bits per heavy atom. The number of ether oxygens (including phenoxy) is 5. The van der Waals surface area contributed by atoms with Crippen LogP contribution in [0.5, 0.6) is 28.7 Å². The van der Waals surface area contributed by atoms with E-state index in [-0.39, 0.29) is 5.78 Å². The van der Waals surface area contributed by atoms with Crippen molar-refractivity contribution < 1.29 is 28.5 Å². The molecule has 0 unspecified atom stereocenters. The van der Waals surface area contributed by atoms with Crippen LogP contribution in [0.15, 0.2) is 29.8 Å². The molecule has 0 bridgehead atoms. The number of nitrogens with zero attached hydrogens (tertiary/aromatic N) is 1. The zero-order valence-corrected chi connectivity index (χ0v) is 20.2. The van der Waals surface area contributed by atoms with E-state index in [0.717, 1.165) is 11.4 Å². The molecular weight excluding hydrogens is 410 g/mol. The lowest BCUT2D eigenvalue weighted by Crippen LogP contribution is -2.12. The number of methoxy groups -OCH3 is 4. The molecule has 0 radical (unpaired) electrons. The van der Waals surface area contributed by atoms with Crippen molar-refractivity contribution in [3.63, 3.8) is 0 Å². The summed E-state index contributed by atoms with van der Waals surface area (Å²) < 4.78 is 27.7. The van der Waals surface area contributed by atoms with Crippen molar-refractivity contribution >= 4 is 17.5 Å². The second-order valence-electron chi connectivity index (χ2n) is 7.13. The van der Waals surface area contributed by atoms with Gasteiger partial charge in [0.1, 0.15) is 5.75 Å². The van der Waals surface area contributed by atoms with Crippen molar-refractivity contribution in [2.24, 2.45) is 0 Å². The van der Waals surface area contributed by atoms with Crippen LogP contribution in [0.1, 0.15) is 36.2 Å². The number of Topliss-reactive ketones (excluding diaryl/α,β-unsaturated/α-hetero) is 1.